The van der Waals surface area contributed by atoms with E-state index >= 15 is 0 Å². The fourth-order valence-corrected chi connectivity index (χ4v) is 2.20. The van der Waals surface area contributed by atoms with Gasteiger partial charge in [0.2, 0.25) is 0 Å². The number of halogens is 4. The Labute approximate surface area is 121 Å². The van der Waals surface area contributed by atoms with Gasteiger partial charge in [-0.1, -0.05) is 15.9 Å². The highest BCUT2D eigenvalue weighted by Crippen LogP contribution is 2.32. The van der Waals surface area contributed by atoms with Crippen molar-refractivity contribution in [1.82, 2.24) is 9.78 Å². The number of ketones is 1. The zero-order valence-electron chi connectivity index (χ0n) is 10.4. The monoisotopic (exact) mass is 346 g/mol. The van der Waals surface area contributed by atoms with Gasteiger partial charge < -0.3 is 0 Å². The number of nitrogens with zero attached hydrogens (tertiary/aromatic N) is 2. The molecule has 0 aliphatic rings. The first-order chi connectivity index (χ1) is 9.27. The lowest BCUT2D eigenvalue weighted by atomic mass is 10.0. The van der Waals surface area contributed by atoms with Crippen molar-refractivity contribution in [3.05, 3.63) is 51.8 Å². The highest BCUT2D eigenvalue weighted by atomic mass is 79.9. The van der Waals surface area contributed by atoms with Crippen LogP contribution in [0.5, 0.6) is 0 Å². The molecular weight excluding hydrogens is 337 g/mol. The Morgan fingerprint density at radius 1 is 1.35 bits per heavy atom. The van der Waals surface area contributed by atoms with E-state index in [1.807, 2.05) is 0 Å². The van der Waals surface area contributed by atoms with E-state index in [0.717, 1.165) is 12.1 Å². The minimum Gasteiger partial charge on any atom is -0.294 e. The third kappa shape index (κ3) is 3.27. The normalized spacial score (nSPS) is 11.7. The molecule has 3 nitrogen and oxygen atoms in total. The van der Waals surface area contributed by atoms with E-state index in [1.54, 1.807) is 19.3 Å². The van der Waals surface area contributed by atoms with E-state index in [1.165, 1.54) is 10.7 Å². The molecule has 1 heterocycles. The minimum absolute atomic E-state index is 0.00507. The number of carbonyl (C=O) groups is 1. The van der Waals surface area contributed by atoms with Crippen LogP contribution in [-0.4, -0.2) is 15.6 Å². The second-order valence-electron chi connectivity index (χ2n) is 4.27. The Bertz CT molecular complexity index is 649. The fraction of sp³-hybridized carbons (Fsp3) is 0.231. The standard InChI is InChI=1S/C13H10BrF3N2O/c1-19-5-4-9(18-19)7-12(20)10-6-8(13(15,16)17)2-3-11(10)14/h2-6H,7H2,1H3. The van der Waals surface area contributed by atoms with Crippen LogP contribution < -0.4 is 0 Å². The van der Waals surface area contributed by atoms with E-state index in [-0.39, 0.29) is 12.0 Å². The molecule has 0 spiro atoms. The van der Waals surface area contributed by atoms with E-state index in [9.17, 15) is 18.0 Å². The lowest BCUT2D eigenvalue weighted by Gasteiger charge is -2.09. The van der Waals surface area contributed by atoms with Crippen LogP contribution in [0.25, 0.3) is 0 Å². The molecule has 106 valence electrons. The first-order valence-electron chi connectivity index (χ1n) is 5.66. The number of hydrogen-bond donors (Lipinski definition) is 0. The average Bonchev–Trinajstić information content (AvgIpc) is 2.73. The Morgan fingerprint density at radius 3 is 2.60 bits per heavy atom. The molecule has 20 heavy (non-hydrogen) atoms. The maximum Gasteiger partial charge on any atom is 0.416 e. The first-order valence-corrected chi connectivity index (χ1v) is 6.45. The molecule has 0 saturated carbocycles. The van der Waals surface area contributed by atoms with Gasteiger partial charge in [0.25, 0.3) is 0 Å². The van der Waals surface area contributed by atoms with Gasteiger partial charge in [-0.2, -0.15) is 18.3 Å². The number of rotatable bonds is 3. The van der Waals surface area contributed by atoms with Crippen molar-refractivity contribution in [3.63, 3.8) is 0 Å². The van der Waals surface area contributed by atoms with Gasteiger partial charge in [-0.15, -0.1) is 0 Å². The van der Waals surface area contributed by atoms with Crippen molar-refractivity contribution in [3.8, 4) is 0 Å². The van der Waals surface area contributed by atoms with Gasteiger partial charge in [-0.05, 0) is 24.3 Å². The summed E-state index contributed by atoms with van der Waals surface area (Å²) in [6, 6.07) is 4.67. The van der Waals surface area contributed by atoms with Gasteiger partial charge in [0.1, 0.15) is 0 Å². The highest BCUT2D eigenvalue weighted by Gasteiger charge is 2.31. The third-order valence-corrected chi connectivity index (χ3v) is 3.40. The van der Waals surface area contributed by atoms with Gasteiger partial charge in [0.05, 0.1) is 17.7 Å². The number of benzene rings is 1. The van der Waals surface area contributed by atoms with Gasteiger partial charge >= 0.3 is 6.18 Å². The second-order valence-corrected chi connectivity index (χ2v) is 5.13. The van der Waals surface area contributed by atoms with Crippen LogP contribution in [0.1, 0.15) is 21.6 Å². The fourth-order valence-electron chi connectivity index (χ4n) is 1.73. The summed E-state index contributed by atoms with van der Waals surface area (Å²) >= 11 is 3.10. The summed E-state index contributed by atoms with van der Waals surface area (Å²) in [5.41, 5.74) is -0.322. The van der Waals surface area contributed by atoms with Crippen molar-refractivity contribution in [1.29, 1.82) is 0 Å². The first kappa shape index (κ1) is 14.8. The zero-order chi connectivity index (χ0) is 14.9. The molecule has 0 aliphatic carbocycles. The molecule has 7 heteroatoms. The van der Waals surface area contributed by atoms with E-state index in [4.69, 9.17) is 0 Å². The molecule has 2 aromatic rings. The topological polar surface area (TPSA) is 34.9 Å². The summed E-state index contributed by atoms with van der Waals surface area (Å²) in [4.78, 5) is 12.1. The molecule has 0 unspecified atom stereocenters. The van der Waals surface area contributed by atoms with Gasteiger partial charge in [0, 0.05) is 23.3 Å². The van der Waals surface area contributed by atoms with Crippen LogP contribution in [-0.2, 0) is 19.6 Å². The Kier molecular flexibility index (Phi) is 3.99. The Balaban J connectivity index is 2.29. The lowest BCUT2D eigenvalue weighted by Crippen LogP contribution is -2.10. The third-order valence-electron chi connectivity index (χ3n) is 2.70. The smallest absolute Gasteiger partial charge is 0.294 e. The summed E-state index contributed by atoms with van der Waals surface area (Å²) in [6.45, 7) is 0. The van der Waals surface area contributed by atoms with Gasteiger partial charge in [0.15, 0.2) is 5.78 Å². The molecule has 0 aliphatic heterocycles. The predicted molar refractivity (Wildman–Crippen MR) is 70.4 cm³/mol. The molecule has 0 N–H and O–H groups in total. The molecule has 1 aromatic heterocycles. The molecule has 0 saturated heterocycles. The number of aryl methyl sites for hydroxylation is 1. The number of carbonyl (C=O) groups excluding carboxylic acids is 1. The van der Waals surface area contributed by atoms with Crippen LogP contribution in [0, 0.1) is 0 Å². The molecule has 2 rings (SSSR count). The SMILES string of the molecule is Cn1ccc(CC(=O)c2cc(C(F)(F)F)ccc2Br)n1. The number of alkyl halides is 3. The molecule has 0 fully saturated rings. The molecular formula is C13H10BrF3N2O. The van der Waals surface area contributed by atoms with Crippen molar-refractivity contribution >= 4 is 21.7 Å². The van der Waals surface area contributed by atoms with E-state index < -0.39 is 17.5 Å². The minimum atomic E-state index is -4.47. The summed E-state index contributed by atoms with van der Waals surface area (Å²) in [5, 5.41) is 4.04. The summed E-state index contributed by atoms with van der Waals surface area (Å²) < 4.78 is 39.8. The second kappa shape index (κ2) is 5.40. The summed E-state index contributed by atoms with van der Waals surface area (Å²) in [7, 11) is 1.70. The van der Waals surface area contributed by atoms with Crippen LogP contribution in [0.3, 0.4) is 0 Å². The zero-order valence-corrected chi connectivity index (χ0v) is 12.0. The van der Waals surface area contributed by atoms with Crippen LogP contribution in [0.15, 0.2) is 34.9 Å². The molecule has 1 aromatic carbocycles. The lowest BCUT2D eigenvalue weighted by molar-refractivity contribution is -0.137. The number of hydrogen-bond acceptors (Lipinski definition) is 2. The van der Waals surface area contributed by atoms with Crippen molar-refractivity contribution in [2.24, 2.45) is 7.05 Å². The average molecular weight is 347 g/mol. The highest BCUT2D eigenvalue weighted by molar-refractivity contribution is 9.10. The molecule has 0 atom stereocenters. The maximum atomic E-state index is 12.7. The van der Waals surface area contributed by atoms with Gasteiger partial charge in [-0.3, -0.25) is 9.48 Å². The predicted octanol–water partition coefficient (Wildman–Crippen LogP) is 3.63. The molecule has 0 radical (unpaired) electrons. The molecule has 0 amide bonds. The number of aromatic nitrogens is 2. The largest absolute Gasteiger partial charge is 0.416 e. The quantitative estimate of drug-likeness (QED) is 0.795. The van der Waals surface area contributed by atoms with Crippen LogP contribution >= 0.6 is 15.9 Å². The summed E-state index contributed by atoms with van der Waals surface area (Å²) in [6.07, 6.45) is -2.84. The van der Waals surface area contributed by atoms with Gasteiger partial charge in [-0.25, -0.2) is 0 Å². The Morgan fingerprint density at radius 2 is 2.05 bits per heavy atom. The maximum absolute atomic E-state index is 12.7. The molecule has 0 bridgehead atoms. The van der Waals surface area contributed by atoms with Crippen LogP contribution in [0.2, 0.25) is 0 Å². The number of Topliss-reactive ketones (excluding diaryl/α,β-unsaturated/α-hetero) is 1. The summed E-state index contributed by atoms with van der Waals surface area (Å²) in [5.74, 6) is -0.415. The van der Waals surface area contributed by atoms with Crippen molar-refractivity contribution in [2.45, 2.75) is 12.6 Å². The Hall–Kier alpha value is -1.63. The van der Waals surface area contributed by atoms with Crippen molar-refractivity contribution < 1.29 is 18.0 Å². The van der Waals surface area contributed by atoms with E-state index in [0.29, 0.717) is 10.2 Å². The van der Waals surface area contributed by atoms with Crippen LogP contribution in [0.4, 0.5) is 13.2 Å². The van der Waals surface area contributed by atoms with E-state index in [2.05, 4.69) is 21.0 Å². The van der Waals surface area contributed by atoms with Crippen molar-refractivity contribution in [2.75, 3.05) is 0 Å².